The highest BCUT2D eigenvalue weighted by atomic mass is 32.2. The van der Waals surface area contributed by atoms with Gasteiger partial charge in [-0.3, -0.25) is 9.59 Å². The minimum Gasteiger partial charge on any atom is -0.466 e. The highest BCUT2D eigenvalue weighted by Gasteiger charge is 2.14. The fraction of sp³-hybridized carbons (Fsp3) is 0.786. The van der Waals surface area contributed by atoms with Crippen LogP contribution in [0.15, 0.2) is 0 Å². The van der Waals surface area contributed by atoms with Crippen LogP contribution in [0.3, 0.4) is 0 Å². The van der Waals surface area contributed by atoms with Gasteiger partial charge in [-0.1, -0.05) is 19.2 Å². The van der Waals surface area contributed by atoms with Gasteiger partial charge in [0.25, 0.3) is 5.09 Å². The maximum atomic E-state index is 11.8. The van der Waals surface area contributed by atoms with Crippen molar-refractivity contribution in [3.8, 4) is 0 Å². The first-order chi connectivity index (χ1) is 11.8. The monoisotopic (exact) mass is 412 g/mol. The van der Waals surface area contributed by atoms with Crippen molar-refractivity contribution in [2.75, 3.05) is 25.5 Å². The molecule has 0 spiro atoms. The molecule has 0 saturated carbocycles. The predicted octanol–water partition coefficient (Wildman–Crippen LogP) is 0.745. The Bertz CT molecular complexity index is 453. The van der Waals surface area contributed by atoms with Gasteiger partial charge in [0.1, 0.15) is 0 Å². The van der Waals surface area contributed by atoms with E-state index in [0.717, 1.165) is 11.8 Å². The summed E-state index contributed by atoms with van der Waals surface area (Å²) < 4.78 is 4.94. The quantitative estimate of drug-likeness (QED) is 0.121. The smallest absolute Gasteiger partial charge is 0.306 e. The second-order valence-corrected chi connectivity index (χ2v) is 6.48. The van der Waals surface area contributed by atoms with E-state index in [2.05, 4.69) is 22.4 Å². The van der Waals surface area contributed by atoms with Crippen LogP contribution in [0, 0.1) is 10.1 Å². The van der Waals surface area contributed by atoms with Gasteiger partial charge in [0.2, 0.25) is 5.12 Å². The number of hydrogen-bond acceptors (Lipinski definition) is 9. The lowest BCUT2D eigenvalue weighted by Gasteiger charge is -2.10. The van der Waals surface area contributed by atoms with E-state index in [1.54, 1.807) is 0 Å². The number of unbranched alkanes of at least 4 members (excludes halogenated alkanes) is 1. The van der Waals surface area contributed by atoms with Gasteiger partial charge in [-0.2, -0.15) is 0 Å². The molecule has 0 heterocycles. The van der Waals surface area contributed by atoms with Crippen LogP contribution in [0.1, 0.15) is 39.5 Å². The van der Waals surface area contributed by atoms with E-state index >= 15 is 0 Å². The Morgan fingerprint density at radius 1 is 1.27 bits per heavy atom. The van der Waals surface area contributed by atoms with Crippen molar-refractivity contribution in [3.63, 3.8) is 0 Å². The van der Waals surface area contributed by atoms with E-state index < -0.39 is 17.1 Å². The number of esters is 1. The fourth-order valence-corrected chi connectivity index (χ4v) is 2.50. The predicted molar refractivity (Wildman–Crippen MR) is 104 cm³/mol. The van der Waals surface area contributed by atoms with Gasteiger partial charge >= 0.3 is 5.97 Å². The number of ether oxygens (including phenoxy) is 1. The van der Waals surface area contributed by atoms with E-state index in [9.17, 15) is 19.7 Å². The zero-order valence-electron chi connectivity index (χ0n) is 13.8. The van der Waals surface area contributed by atoms with Gasteiger partial charge in [-0.25, -0.2) is 0 Å². The second-order valence-electron chi connectivity index (χ2n) is 4.94. The van der Waals surface area contributed by atoms with Crippen molar-refractivity contribution in [1.82, 2.24) is 5.32 Å². The third-order valence-electron chi connectivity index (χ3n) is 2.84. The summed E-state index contributed by atoms with van der Waals surface area (Å²) in [5.41, 5.74) is 11.0. The molecule has 0 aromatic carbocycles. The first-order valence-corrected chi connectivity index (χ1v) is 9.10. The summed E-state index contributed by atoms with van der Waals surface area (Å²) in [7, 11) is 0. The molecule has 0 aromatic rings. The fourth-order valence-electron chi connectivity index (χ4n) is 1.59. The molecule has 0 aromatic heterocycles. The molecule has 1 unspecified atom stereocenters. The Hall–Kier alpha value is -1.66. The average Bonchev–Trinajstić information content (AvgIpc) is 2.54. The molecule has 0 rings (SSSR count). The minimum atomic E-state index is -0.867. The maximum absolute atomic E-state index is 11.8. The lowest BCUT2D eigenvalue weighted by molar-refractivity contribution is -0.757. The summed E-state index contributed by atoms with van der Waals surface area (Å²) in [5.74, 6) is -0.134. The van der Waals surface area contributed by atoms with Gasteiger partial charge in [-0.15, -0.1) is 10.1 Å². The molecule has 0 aliphatic heterocycles. The number of carbonyl (C=O) groups is 2. The van der Waals surface area contributed by atoms with Crippen molar-refractivity contribution < 1.29 is 24.3 Å². The summed E-state index contributed by atoms with van der Waals surface area (Å²) >= 11 is 5.65. The highest BCUT2D eigenvalue weighted by Crippen LogP contribution is 2.10. The molecule has 10 nitrogen and oxygen atoms in total. The van der Waals surface area contributed by atoms with Crippen LogP contribution in [-0.4, -0.2) is 52.8 Å². The number of hydrogen-bond donors (Lipinski definition) is 3. The maximum Gasteiger partial charge on any atom is 0.306 e. The molecular weight excluding hydrogens is 384 g/mol. The average molecular weight is 413 g/mol. The summed E-state index contributed by atoms with van der Waals surface area (Å²) in [4.78, 5) is 37.3. The molecule has 0 radical (unpaired) electrons. The van der Waals surface area contributed by atoms with Crippen LogP contribution in [-0.2, 0) is 19.2 Å². The first-order valence-electron chi connectivity index (χ1n) is 7.71. The van der Waals surface area contributed by atoms with Crippen molar-refractivity contribution in [1.29, 1.82) is 0 Å². The molecule has 12 heteroatoms. The van der Waals surface area contributed by atoms with Crippen LogP contribution >= 0.6 is 24.0 Å². The van der Waals surface area contributed by atoms with E-state index in [-0.39, 0.29) is 37.3 Å². The highest BCUT2D eigenvalue weighted by molar-refractivity contribution is 8.13. The Morgan fingerprint density at radius 3 is 2.54 bits per heavy atom. The summed E-state index contributed by atoms with van der Waals surface area (Å²) in [5, 5.41) is 11.8. The zero-order valence-corrected chi connectivity index (χ0v) is 15.4. The lowest BCUT2D eigenvalue weighted by atomic mass is 10.2. The third kappa shape index (κ3) is 17.2. The number of rotatable bonds is 14. The van der Waals surface area contributed by atoms with E-state index in [1.165, 1.54) is 0 Å². The van der Waals surface area contributed by atoms with Crippen LogP contribution in [0.5, 0.6) is 0 Å². The number of nitrogens with one attached hydrogen (secondary N) is 1. The normalized spacial score (nSPS) is 11.0. The molecule has 0 saturated heterocycles. The number of thiocarbonyl (C=S) groups is 1. The molecule has 1 atom stereocenters. The van der Waals surface area contributed by atoms with Crippen LogP contribution in [0.25, 0.3) is 0 Å². The molecule has 0 bridgehead atoms. The molecule has 0 fully saturated rings. The zero-order chi connectivity index (χ0) is 19.1. The van der Waals surface area contributed by atoms with E-state index in [0.29, 0.717) is 38.0 Å². The summed E-state index contributed by atoms with van der Waals surface area (Å²) in [6.45, 7) is 0.688. The third-order valence-corrected chi connectivity index (χ3v) is 3.98. The molecule has 0 aliphatic rings. The second kappa shape index (κ2) is 16.8. The van der Waals surface area contributed by atoms with Crippen molar-refractivity contribution in [2.45, 2.75) is 45.6 Å². The minimum absolute atomic E-state index is 0. The molecule has 0 amide bonds. The van der Waals surface area contributed by atoms with Gasteiger partial charge in [-0.05, 0) is 37.9 Å². The number of nitrogens with zero attached hydrogens (tertiary/aromatic N) is 1. The summed E-state index contributed by atoms with van der Waals surface area (Å²) in [6, 6.07) is -0.601. The van der Waals surface area contributed by atoms with Crippen LogP contribution < -0.4 is 16.8 Å². The van der Waals surface area contributed by atoms with Crippen molar-refractivity contribution in [3.05, 3.63) is 10.1 Å². The molecule has 26 heavy (non-hydrogen) atoms. The first kappa shape index (κ1) is 26.6. The number of nitrogens with two attached hydrogens (primary N) is 2. The number of carbonyl (C=O) groups excluding carboxylic acids is 2. The van der Waals surface area contributed by atoms with Gasteiger partial charge in [0.15, 0.2) is 5.11 Å². The summed E-state index contributed by atoms with van der Waals surface area (Å²) in [6.07, 6.45) is 2.14. The Morgan fingerprint density at radius 2 is 1.92 bits per heavy atom. The molecule has 5 N–H and O–H groups in total. The van der Waals surface area contributed by atoms with Crippen LogP contribution in [0.4, 0.5) is 0 Å². The Kier molecular flexibility index (Phi) is 17.2. The molecule has 152 valence electrons. The standard InChI is InChI=1S/C13H24N4O6S2.CH4/c14-10(4-3-6-16-13(15)24)12(19)25-9-5-11(18)22-7-1-2-8-23-17(20)21;/h10H,1-9,14H2,(H3,15,16,24);1H4. The van der Waals surface area contributed by atoms with E-state index in [1.807, 2.05) is 0 Å². The van der Waals surface area contributed by atoms with Crippen molar-refractivity contribution >= 4 is 40.2 Å². The van der Waals surface area contributed by atoms with Crippen LogP contribution in [0.2, 0.25) is 0 Å². The van der Waals surface area contributed by atoms with Gasteiger partial charge in [0, 0.05) is 12.3 Å². The SMILES string of the molecule is C.NC(=S)NCCCC(N)C(=O)SCCC(=O)OCCCCO[N+](=O)[O-]. The largest absolute Gasteiger partial charge is 0.466 e. The van der Waals surface area contributed by atoms with Crippen molar-refractivity contribution in [2.24, 2.45) is 11.5 Å². The molecule has 0 aliphatic carbocycles. The number of thioether (sulfide) groups is 1. The van der Waals surface area contributed by atoms with Gasteiger partial charge in [0.05, 0.1) is 25.7 Å². The lowest BCUT2D eigenvalue weighted by Crippen LogP contribution is -2.33. The van der Waals surface area contributed by atoms with Gasteiger partial charge < -0.3 is 26.4 Å². The van der Waals surface area contributed by atoms with E-state index in [4.69, 9.17) is 16.2 Å². The Balaban J connectivity index is 0. The topological polar surface area (TPSA) is 160 Å². The molecular formula is C14H28N4O6S2. The Labute approximate surface area is 162 Å².